The lowest BCUT2D eigenvalue weighted by Crippen LogP contribution is -2.27. The van der Waals surface area contributed by atoms with Crippen LogP contribution < -0.4 is 10.1 Å². The van der Waals surface area contributed by atoms with Crippen LogP contribution in [0.5, 0.6) is 5.75 Å². The standard InChI is InChI=1S/C23H22BrNO2/c1-17(19-10-6-3-7-11-19)25-23(26)21-16-20(24)12-13-22(21)27-15-14-18-8-4-2-5-9-18/h2-13,16-17H,14-15H2,1H3,(H,25,26). The highest BCUT2D eigenvalue weighted by atomic mass is 79.9. The van der Waals surface area contributed by atoms with Gasteiger partial charge in [-0.2, -0.15) is 0 Å². The quantitative estimate of drug-likeness (QED) is 0.539. The Morgan fingerprint density at radius 2 is 1.67 bits per heavy atom. The van der Waals surface area contributed by atoms with Gasteiger partial charge in [0.05, 0.1) is 18.2 Å². The lowest BCUT2D eigenvalue weighted by atomic mass is 10.1. The summed E-state index contributed by atoms with van der Waals surface area (Å²) in [6, 6.07) is 25.5. The predicted octanol–water partition coefficient (Wildman–Crippen LogP) is 5.56. The maximum absolute atomic E-state index is 12.8. The van der Waals surface area contributed by atoms with Gasteiger partial charge < -0.3 is 10.1 Å². The molecule has 3 aromatic carbocycles. The van der Waals surface area contributed by atoms with Crippen LogP contribution in [-0.4, -0.2) is 12.5 Å². The molecule has 0 saturated heterocycles. The first-order valence-electron chi connectivity index (χ1n) is 8.95. The molecule has 0 aliphatic carbocycles. The van der Waals surface area contributed by atoms with Gasteiger partial charge in [0, 0.05) is 10.9 Å². The van der Waals surface area contributed by atoms with Crippen molar-refractivity contribution in [3.8, 4) is 5.75 Å². The van der Waals surface area contributed by atoms with Crippen LogP contribution in [0.25, 0.3) is 0 Å². The van der Waals surface area contributed by atoms with Gasteiger partial charge in [0.2, 0.25) is 0 Å². The van der Waals surface area contributed by atoms with Crippen LogP contribution in [0.15, 0.2) is 83.3 Å². The molecule has 27 heavy (non-hydrogen) atoms. The van der Waals surface area contributed by atoms with Gasteiger partial charge in [0.1, 0.15) is 5.75 Å². The Labute approximate surface area is 168 Å². The topological polar surface area (TPSA) is 38.3 Å². The predicted molar refractivity (Wildman–Crippen MR) is 112 cm³/mol. The molecule has 1 N–H and O–H groups in total. The summed E-state index contributed by atoms with van der Waals surface area (Å²) in [5.74, 6) is 0.439. The third-order valence-electron chi connectivity index (χ3n) is 4.32. The number of rotatable bonds is 7. The molecule has 0 heterocycles. The van der Waals surface area contributed by atoms with E-state index in [1.165, 1.54) is 5.56 Å². The number of halogens is 1. The Hall–Kier alpha value is -2.59. The van der Waals surface area contributed by atoms with Crippen LogP contribution in [0.3, 0.4) is 0 Å². The number of carbonyl (C=O) groups is 1. The lowest BCUT2D eigenvalue weighted by molar-refractivity contribution is 0.0936. The van der Waals surface area contributed by atoms with E-state index in [9.17, 15) is 4.79 Å². The molecule has 1 atom stereocenters. The smallest absolute Gasteiger partial charge is 0.255 e. The third kappa shape index (κ3) is 5.44. The Morgan fingerprint density at radius 3 is 2.37 bits per heavy atom. The second-order valence-corrected chi connectivity index (χ2v) is 7.25. The molecule has 0 radical (unpaired) electrons. The van der Waals surface area contributed by atoms with Crippen molar-refractivity contribution in [1.82, 2.24) is 5.32 Å². The number of nitrogens with one attached hydrogen (secondary N) is 1. The third-order valence-corrected chi connectivity index (χ3v) is 4.82. The molecule has 0 aromatic heterocycles. The molecule has 3 rings (SSSR count). The molecule has 1 unspecified atom stereocenters. The summed E-state index contributed by atoms with van der Waals surface area (Å²) in [5.41, 5.74) is 2.80. The van der Waals surface area contributed by atoms with Crippen LogP contribution in [0, 0.1) is 0 Å². The largest absolute Gasteiger partial charge is 0.492 e. The number of ether oxygens (including phenoxy) is 1. The second kappa shape index (κ2) is 9.38. The fraction of sp³-hybridized carbons (Fsp3) is 0.174. The zero-order valence-corrected chi connectivity index (χ0v) is 16.8. The average molecular weight is 424 g/mol. The monoisotopic (exact) mass is 423 g/mol. The van der Waals surface area contributed by atoms with Crippen molar-refractivity contribution in [2.45, 2.75) is 19.4 Å². The maximum Gasteiger partial charge on any atom is 0.255 e. The van der Waals surface area contributed by atoms with Gasteiger partial charge >= 0.3 is 0 Å². The molecular weight excluding hydrogens is 402 g/mol. The van der Waals surface area contributed by atoms with Gasteiger partial charge in [-0.3, -0.25) is 4.79 Å². The van der Waals surface area contributed by atoms with Crippen molar-refractivity contribution in [2.24, 2.45) is 0 Å². The zero-order chi connectivity index (χ0) is 19.1. The first kappa shape index (κ1) is 19.2. The van der Waals surface area contributed by atoms with Gasteiger partial charge in [-0.15, -0.1) is 0 Å². The summed E-state index contributed by atoms with van der Waals surface area (Å²) < 4.78 is 6.77. The normalized spacial score (nSPS) is 11.6. The molecule has 1 amide bonds. The van der Waals surface area contributed by atoms with Gasteiger partial charge in [-0.1, -0.05) is 76.6 Å². The number of benzene rings is 3. The molecule has 0 saturated carbocycles. The van der Waals surface area contributed by atoms with E-state index in [1.54, 1.807) is 6.07 Å². The molecule has 0 fully saturated rings. The average Bonchev–Trinajstić information content (AvgIpc) is 2.70. The van der Waals surface area contributed by atoms with E-state index in [0.717, 1.165) is 16.5 Å². The van der Waals surface area contributed by atoms with Crippen molar-refractivity contribution in [3.05, 3.63) is 100 Å². The summed E-state index contributed by atoms with van der Waals surface area (Å²) in [6.45, 7) is 2.49. The summed E-state index contributed by atoms with van der Waals surface area (Å²) in [5, 5.41) is 3.05. The minimum absolute atomic E-state index is 0.0881. The number of carbonyl (C=O) groups excluding carboxylic acids is 1. The summed E-state index contributed by atoms with van der Waals surface area (Å²) >= 11 is 3.45. The van der Waals surface area contributed by atoms with E-state index >= 15 is 0 Å². The molecule has 4 heteroatoms. The zero-order valence-electron chi connectivity index (χ0n) is 15.2. The highest BCUT2D eigenvalue weighted by Crippen LogP contribution is 2.24. The van der Waals surface area contributed by atoms with E-state index in [4.69, 9.17) is 4.74 Å². The van der Waals surface area contributed by atoms with Crippen molar-refractivity contribution in [3.63, 3.8) is 0 Å². The van der Waals surface area contributed by atoms with Crippen LogP contribution in [0.4, 0.5) is 0 Å². The maximum atomic E-state index is 12.8. The Morgan fingerprint density at radius 1 is 1.00 bits per heavy atom. The number of hydrogen-bond donors (Lipinski definition) is 1. The van der Waals surface area contributed by atoms with Gasteiger partial charge in [-0.25, -0.2) is 0 Å². The SMILES string of the molecule is CC(NC(=O)c1cc(Br)ccc1OCCc1ccccc1)c1ccccc1. The van der Waals surface area contributed by atoms with Gasteiger partial charge in [0.15, 0.2) is 0 Å². The van der Waals surface area contributed by atoms with Crippen LogP contribution in [0.2, 0.25) is 0 Å². The minimum atomic E-state index is -0.151. The highest BCUT2D eigenvalue weighted by molar-refractivity contribution is 9.10. The van der Waals surface area contributed by atoms with E-state index in [1.807, 2.05) is 67.6 Å². The van der Waals surface area contributed by atoms with E-state index in [0.29, 0.717) is 17.9 Å². The fourth-order valence-corrected chi connectivity index (χ4v) is 3.19. The Bertz CT molecular complexity index is 881. The van der Waals surface area contributed by atoms with Crippen LogP contribution >= 0.6 is 15.9 Å². The lowest BCUT2D eigenvalue weighted by Gasteiger charge is -2.17. The first-order chi connectivity index (χ1) is 13.1. The molecule has 0 aliphatic rings. The molecule has 138 valence electrons. The van der Waals surface area contributed by atoms with Crippen LogP contribution in [-0.2, 0) is 6.42 Å². The number of amides is 1. The molecule has 0 spiro atoms. The Kier molecular flexibility index (Phi) is 6.66. The van der Waals surface area contributed by atoms with Crippen LogP contribution in [0.1, 0.15) is 34.5 Å². The van der Waals surface area contributed by atoms with E-state index in [-0.39, 0.29) is 11.9 Å². The molecule has 3 aromatic rings. The Balaban J connectivity index is 1.68. The fourth-order valence-electron chi connectivity index (χ4n) is 2.83. The summed E-state index contributed by atoms with van der Waals surface area (Å²) in [7, 11) is 0. The summed E-state index contributed by atoms with van der Waals surface area (Å²) in [4.78, 5) is 12.8. The van der Waals surface area contributed by atoms with Gasteiger partial charge in [0.25, 0.3) is 5.91 Å². The first-order valence-corrected chi connectivity index (χ1v) is 9.75. The van der Waals surface area contributed by atoms with Crippen molar-refractivity contribution >= 4 is 21.8 Å². The molecule has 0 bridgehead atoms. The van der Waals surface area contributed by atoms with Crippen molar-refractivity contribution < 1.29 is 9.53 Å². The van der Waals surface area contributed by atoms with Crippen molar-refractivity contribution in [1.29, 1.82) is 0 Å². The minimum Gasteiger partial charge on any atom is -0.492 e. The summed E-state index contributed by atoms with van der Waals surface area (Å²) in [6.07, 6.45) is 0.790. The number of hydrogen-bond acceptors (Lipinski definition) is 2. The van der Waals surface area contributed by atoms with Crippen molar-refractivity contribution in [2.75, 3.05) is 6.61 Å². The highest BCUT2D eigenvalue weighted by Gasteiger charge is 2.16. The van der Waals surface area contributed by atoms with E-state index in [2.05, 4.69) is 33.4 Å². The molecular formula is C23H22BrNO2. The van der Waals surface area contributed by atoms with E-state index < -0.39 is 0 Å². The second-order valence-electron chi connectivity index (χ2n) is 6.33. The van der Waals surface area contributed by atoms with Gasteiger partial charge in [-0.05, 0) is 36.2 Å². The molecule has 3 nitrogen and oxygen atoms in total. The molecule has 0 aliphatic heterocycles.